The van der Waals surface area contributed by atoms with Crippen LogP contribution in [0.1, 0.15) is 45.5 Å². The highest BCUT2D eigenvalue weighted by molar-refractivity contribution is 7.12. The fourth-order valence-electron chi connectivity index (χ4n) is 3.16. The molecule has 1 fully saturated rings. The van der Waals surface area contributed by atoms with E-state index in [1.807, 2.05) is 13.0 Å². The third kappa shape index (κ3) is 3.51. The fraction of sp³-hybridized carbons (Fsp3) is 0.389. The van der Waals surface area contributed by atoms with Crippen LogP contribution in [0.2, 0.25) is 0 Å². The first-order valence-electron chi connectivity index (χ1n) is 8.17. The molecule has 1 aromatic carbocycles. The SMILES string of the molecule is COC(=O)c1cccc(-c2nc([C@H]3CCCCN3C(=O)O)sc2C)c1. The first-order chi connectivity index (χ1) is 12.0. The van der Waals surface area contributed by atoms with Gasteiger partial charge in [0.15, 0.2) is 0 Å². The van der Waals surface area contributed by atoms with Crippen LogP contribution in [0.3, 0.4) is 0 Å². The number of carboxylic acid groups (broad SMARTS) is 1. The summed E-state index contributed by atoms with van der Waals surface area (Å²) in [5, 5.41) is 10.3. The fourth-order valence-corrected chi connectivity index (χ4v) is 4.25. The molecule has 3 rings (SSSR count). The van der Waals surface area contributed by atoms with Crippen molar-refractivity contribution in [1.29, 1.82) is 0 Å². The summed E-state index contributed by atoms with van der Waals surface area (Å²) in [4.78, 5) is 30.5. The van der Waals surface area contributed by atoms with Crippen molar-refractivity contribution in [1.82, 2.24) is 9.88 Å². The number of methoxy groups -OCH3 is 1. The molecule has 0 spiro atoms. The van der Waals surface area contributed by atoms with Gasteiger partial charge in [0.25, 0.3) is 0 Å². The minimum absolute atomic E-state index is 0.188. The monoisotopic (exact) mass is 360 g/mol. The molecule has 1 atom stereocenters. The minimum Gasteiger partial charge on any atom is -0.465 e. The normalized spacial score (nSPS) is 17.4. The number of amides is 1. The van der Waals surface area contributed by atoms with E-state index < -0.39 is 6.09 Å². The molecular weight excluding hydrogens is 340 g/mol. The number of benzene rings is 1. The third-order valence-corrected chi connectivity index (χ3v) is 5.48. The van der Waals surface area contributed by atoms with Crippen LogP contribution < -0.4 is 0 Å². The molecule has 0 aliphatic carbocycles. The quantitative estimate of drug-likeness (QED) is 0.833. The topological polar surface area (TPSA) is 79.7 Å². The van der Waals surface area contributed by atoms with Gasteiger partial charge in [0, 0.05) is 17.0 Å². The number of nitrogens with zero attached hydrogens (tertiary/aromatic N) is 2. The highest BCUT2D eigenvalue weighted by atomic mass is 32.1. The highest BCUT2D eigenvalue weighted by Crippen LogP contribution is 2.37. The Morgan fingerprint density at radius 1 is 1.36 bits per heavy atom. The molecule has 1 aliphatic rings. The summed E-state index contributed by atoms with van der Waals surface area (Å²) in [5.74, 6) is -0.390. The number of likely N-dealkylation sites (tertiary alicyclic amines) is 1. The van der Waals surface area contributed by atoms with E-state index in [4.69, 9.17) is 9.72 Å². The van der Waals surface area contributed by atoms with Crippen molar-refractivity contribution in [2.75, 3.05) is 13.7 Å². The average molecular weight is 360 g/mol. The standard InChI is InChI=1S/C18H20N2O4S/c1-11-15(12-6-5-7-13(10-12)17(21)24-2)19-16(25-11)14-8-3-4-9-20(14)18(22)23/h5-7,10,14H,3-4,8-9H2,1-2H3,(H,22,23)/t14-/m1/s1. The zero-order valence-corrected chi connectivity index (χ0v) is 15.0. The van der Waals surface area contributed by atoms with Gasteiger partial charge in [-0.3, -0.25) is 4.90 Å². The van der Waals surface area contributed by atoms with Crippen LogP contribution in [-0.4, -0.2) is 40.7 Å². The van der Waals surface area contributed by atoms with Crippen LogP contribution in [0, 0.1) is 6.92 Å². The lowest BCUT2D eigenvalue weighted by molar-refractivity contribution is 0.0600. The number of ether oxygens (including phenoxy) is 1. The van der Waals surface area contributed by atoms with E-state index in [-0.39, 0.29) is 12.0 Å². The maximum absolute atomic E-state index is 11.7. The number of hydrogen-bond donors (Lipinski definition) is 1. The summed E-state index contributed by atoms with van der Waals surface area (Å²) in [5.41, 5.74) is 2.10. The lowest BCUT2D eigenvalue weighted by atomic mass is 10.0. The summed E-state index contributed by atoms with van der Waals surface area (Å²) >= 11 is 1.52. The number of thiazole rings is 1. The number of carbonyl (C=O) groups excluding carboxylic acids is 1. The maximum Gasteiger partial charge on any atom is 0.407 e. The van der Waals surface area contributed by atoms with E-state index >= 15 is 0 Å². The Hall–Kier alpha value is -2.41. The molecule has 7 heteroatoms. The van der Waals surface area contributed by atoms with Gasteiger partial charge in [-0.25, -0.2) is 14.6 Å². The second-order valence-corrected chi connectivity index (χ2v) is 7.25. The molecule has 2 aromatic rings. The predicted molar refractivity (Wildman–Crippen MR) is 94.9 cm³/mol. The lowest BCUT2D eigenvalue weighted by Crippen LogP contribution is -2.37. The van der Waals surface area contributed by atoms with E-state index in [9.17, 15) is 14.7 Å². The molecule has 1 saturated heterocycles. The molecule has 6 nitrogen and oxygen atoms in total. The molecule has 1 aliphatic heterocycles. The summed E-state index contributed by atoms with van der Waals surface area (Å²) in [6, 6.07) is 6.96. The van der Waals surface area contributed by atoms with Crippen LogP contribution in [0.15, 0.2) is 24.3 Å². The molecule has 1 N–H and O–H groups in total. The molecule has 132 valence electrons. The summed E-state index contributed by atoms with van der Waals surface area (Å²) < 4.78 is 4.77. The van der Waals surface area contributed by atoms with Gasteiger partial charge in [-0.2, -0.15) is 0 Å². The van der Waals surface area contributed by atoms with Crippen molar-refractivity contribution in [2.24, 2.45) is 0 Å². The van der Waals surface area contributed by atoms with Crippen molar-refractivity contribution in [3.05, 3.63) is 39.7 Å². The summed E-state index contributed by atoms with van der Waals surface area (Å²) in [6.45, 7) is 2.51. The summed E-state index contributed by atoms with van der Waals surface area (Å²) in [6.07, 6.45) is 1.79. The molecular formula is C18H20N2O4S. The van der Waals surface area contributed by atoms with Gasteiger partial charge in [0.2, 0.25) is 0 Å². The van der Waals surface area contributed by atoms with Crippen molar-refractivity contribution in [3.63, 3.8) is 0 Å². The van der Waals surface area contributed by atoms with E-state index in [1.54, 1.807) is 18.2 Å². The molecule has 1 aromatic heterocycles. The smallest absolute Gasteiger partial charge is 0.407 e. The maximum atomic E-state index is 11.7. The lowest BCUT2D eigenvalue weighted by Gasteiger charge is -2.32. The first-order valence-corrected chi connectivity index (χ1v) is 8.98. The highest BCUT2D eigenvalue weighted by Gasteiger charge is 2.30. The molecule has 25 heavy (non-hydrogen) atoms. The Labute approximate surface area is 150 Å². The zero-order chi connectivity index (χ0) is 18.0. The molecule has 0 radical (unpaired) electrons. The number of hydrogen-bond acceptors (Lipinski definition) is 5. The number of carbonyl (C=O) groups is 2. The third-order valence-electron chi connectivity index (χ3n) is 4.40. The van der Waals surface area contributed by atoms with Crippen molar-refractivity contribution < 1.29 is 19.4 Å². The Balaban J connectivity index is 1.95. The zero-order valence-electron chi connectivity index (χ0n) is 14.2. The number of aryl methyl sites for hydroxylation is 1. The van der Waals surface area contributed by atoms with Crippen molar-refractivity contribution >= 4 is 23.4 Å². The van der Waals surface area contributed by atoms with Gasteiger partial charge in [-0.1, -0.05) is 12.1 Å². The molecule has 0 bridgehead atoms. The number of rotatable bonds is 3. The van der Waals surface area contributed by atoms with E-state index in [0.717, 1.165) is 40.4 Å². The second kappa shape index (κ2) is 7.23. The Kier molecular flexibility index (Phi) is 5.03. The van der Waals surface area contributed by atoms with Crippen LogP contribution in [0.25, 0.3) is 11.3 Å². The number of esters is 1. The van der Waals surface area contributed by atoms with Gasteiger partial charge in [0.05, 0.1) is 24.4 Å². The van der Waals surface area contributed by atoms with Crippen LogP contribution in [-0.2, 0) is 4.74 Å². The van der Waals surface area contributed by atoms with Crippen molar-refractivity contribution in [2.45, 2.75) is 32.2 Å². The Morgan fingerprint density at radius 2 is 2.16 bits per heavy atom. The Morgan fingerprint density at radius 3 is 2.88 bits per heavy atom. The predicted octanol–water partition coefficient (Wildman–Crippen LogP) is 4.11. The van der Waals surface area contributed by atoms with E-state index in [1.165, 1.54) is 23.3 Å². The van der Waals surface area contributed by atoms with Gasteiger partial charge in [-0.15, -0.1) is 11.3 Å². The second-order valence-electron chi connectivity index (χ2n) is 6.02. The van der Waals surface area contributed by atoms with E-state index in [2.05, 4.69) is 0 Å². The van der Waals surface area contributed by atoms with Gasteiger partial charge < -0.3 is 9.84 Å². The molecule has 2 heterocycles. The van der Waals surface area contributed by atoms with Gasteiger partial charge in [-0.05, 0) is 38.3 Å². The summed E-state index contributed by atoms with van der Waals surface area (Å²) in [7, 11) is 1.35. The number of aromatic nitrogens is 1. The molecule has 0 unspecified atom stereocenters. The molecule has 1 amide bonds. The van der Waals surface area contributed by atoms with E-state index in [0.29, 0.717) is 12.1 Å². The molecule has 0 saturated carbocycles. The van der Waals surface area contributed by atoms with Crippen molar-refractivity contribution in [3.8, 4) is 11.3 Å². The average Bonchev–Trinajstić information content (AvgIpc) is 3.02. The Bertz CT molecular complexity index is 802. The first kappa shape index (κ1) is 17.4. The minimum atomic E-state index is -0.896. The van der Waals surface area contributed by atoms with Crippen LogP contribution in [0.4, 0.5) is 4.79 Å². The van der Waals surface area contributed by atoms with Gasteiger partial charge in [0.1, 0.15) is 5.01 Å². The van der Waals surface area contributed by atoms with Gasteiger partial charge >= 0.3 is 12.1 Å². The van der Waals surface area contributed by atoms with Crippen LogP contribution in [0.5, 0.6) is 0 Å². The number of piperidine rings is 1. The largest absolute Gasteiger partial charge is 0.465 e. The van der Waals surface area contributed by atoms with Crippen LogP contribution >= 0.6 is 11.3 Å².